The van der Waals surface area contributed by atoms with Crippen molar-refractivity contribution in [3.63, 3.8) is 0 Å². The second kappa shape index (κ2) is 9.56. The molecule has 0 saturated heterocycles. The topological polar surface area (TPSA) is 84.5 Å². The van der Waals surface area contributed by atoms with Crippen LogP contribution < -0.4 is 10.0 Å². The van der Waals surface area contributed by atoms with Crippen LogP contribution in [0.5, 0.6) is 0 Å². The third kappa shape index (κ3) is 6.01. The minimum Gasteiger partial charge on any atom is -0.382 e. The Balaban J connectivity index is 1.94. The molecule has 0 bridgehead atoms. The van der Waals surface area contributed by atoms with Crippen LogP contribution >= 0.6 is 11.6 Å². The Morgan fingerprint density at radius 2 is 1.73 bits per heavy atom. The Bertz CT molecular complexity index is 821. The SMILES string of the molecule is CCOCCCNC(=O)c1ccc(NS(=O)(=O)c2ccc(Cl)cc2)cc1. The first-order valence-electron chi connectivity index (χ1n) is 8.17. The maximum Gasteiger partial charge on any atom is 0.261 e. The fourth-order valence-corrected chi connectivity index (χ4v) is 3.32. The van der Waals surface area contributed by atoms with E-state index in [1.807, 2.05) is 6.92 Å². The van der Waals surface area contributed by atoms with Gasteiger partial charge in [-0.1, -0.05) is 11.6 Å². The van der Waals surface area contributed by atoms with E-state index >= 15 is 0 Å². The molecule has 0 saturated carbocycles. The van der Waals surface area contributed by atoms with Gasteiger partial charge in [-0.3, -0.25) is 9.52 Å². The predicted octanol–water partition coefficient (Wildman–Crippen LogP) is 3.30. The van der Waals surface area contributed by atoms with Gasteiger partial charge in [0, 0.05) is 36.0 Å². The number of carbonyl (C=O) groups is 1. The van der Waals surface area contributed by atoms with Gasteiger partial charge in [-0.05, 0) is 61.9 Å². The van der Waals surface area contributed by atoms with Crippen LogP contribution in [0.1, 0.15) is 23.7 Å². The Morgan fingerprint density at radius 3 is 2.35 bits per heavy atom. The number of nitrogens with one attached hydrogen (secondary N) is 2. The molecule has 0 fully saturated rings. The van der Waals surface area contributed by atoms with E-state index in [2.05, 4.69) is 10.0 Å². The average Bonchev–Trinajstić information content (AvgIpc) is 2.62. The molecule has 140 valence electrons. The lowest BCUT2D eigenvalue weighted by molar-refractivity contribution is 0.0944. The first-order valence-corrected chi connectivity index (χ1v) is 10.0. The fraction of sp³-hybridized carbons (Fsp3) is 0.278. The molecule has 26 heavy (non-hydrogen) atoms. The summed E-state index contributed by atoms with van der Waals surface area (Å²) in [6.45, 7) is 3.69. The van der Waals surface area contributed by atoms with Crippen molar-refractivity contribution in [1.82, 2.24) is 5.32 Å². The average molecular weight is 397 g/mol. The van der Waals surface area contributed by atoms with Crippen molar-refractivity contribution in [1.29, 1.82) is 0 Å². The molecule has 0 atom stereocenters. The number of rotatable bonds is 9. The molecule has 2 rings (SSSR count). The van der Waals surface area contributed by atoms with Crippen molar-refractivity contribution in [2.45, 2.75) is 18.2 Å². The van der Waals surface area contributed by atoms with Crippen LogP contribution in [0.15, 0.2) is 53.4 Å². The highest BCUT2D eigenvalue weighted by molar-refractivity contribution is 7.92. The van der Waals surface area contributed by atoms with Crippen LogP contribution in [0.2, 0.25) is 5.02 Å². The lowest BCUT2D eigenvalue weighted by Crippen LogP contribution is -2.25. The molecular weight excluding hydrogens is 376 g/mol. The lowest BCUT2D eigenvalue weighted by atomic mass is 10.2. The Labute approximate surface area is 158 Å². The van der Waals surface area contributed by atoms with E-state index in [9.17, 15) is 13.2 Å². The molecule has 2 aromatic carbocycles. The van der Waals surface area contributed by atoms with Crippen LogP contribution in [0.4, 0.5) is 5.69 Å². The van der Waals surface area contributed by atoms with Gasteiger partial charge in [0.2, 0.25) is 0 Å². The van der Waals surface area contributed by atoms with Crippen molar-refractivity contribution < 1.29 is 17.9 Å². The zero-order chi connectivity index (χ0) is 19.0. The van der Waals surface area contributed by atoms with Crippen molar-refractivity contribution in [3.8, 4) is 0 Å². The molecule has 8 heteroatoms. The summed E-state index contributed by atoms with van der Waals surface area (Å²) < 4.78 is 32.3. The maximum atomic E-state index is 12.3. The molecule has 2 N–H and O–H groups in total. The third-order valence-corrected chi connectivity index (χ3v) is 5.13. The van der Waals surface area contributed by atoms with Crippen molar-refractivity contribution in [3.05, 3.63) is 59.1 Å². The zero-order valence-electron chi connectivity index (χ0n) is 14.4. The number of amides is 1. The quantitative estimate of drug-likeness (QED) is 0.637. The number of hydrogen-bond donors (Lipinski definition) is 2. The maximum absolute atomic E-state index is 12.3. The summed E-state index contributed by atoms with van der Waals surface area (Å²) >= 11 is 5.77. The van der Waals surface area contributed by atoms with Gasteiger partial charge in [0.15, 0.2) is 0 Å². The summed E-state index contributed by atoms with van der Waals surface area (Å²) in [5, 5.41) is 3.25. The van der Waals surface area contributed by atoms with Gasteiger partial charge in [-0.2, -0.15) is 0 Å². The summed E-state index contributed by atoms with van der Waals surface area (Å²) in [5.74, 6) is -0.214. The molecule has 0 heterocycles. The number of ether oxygens (including phenoxy) is 1. The molecule has 2 aromatic rings. The second-order valence-corrected chi connectivity index (χ2v) is 7.56. The number of hydrogen-bond acceptors (Lipinski definition) is 4. The Morgan fingerprint density at radius 1 is 1.08 bits per heavy atom. The number of sulfonamides is 1. The summed E-state index contributed by atoms with van der Waals surface area (Å²) in [7, 11) is -3.71. The minimum atomic E-state index is -3.71. The van der Waals surface area contributed by atoms with Crippen LogP contribution in [0.3, 0.4) is 0 Å². The van der Waals surface area contributed by atoms with Gasteiger partial charge in [-0.25, -0.2) is 8.42 Å². The van der Waals surface area contributed by atoms with Gasteiger partial charge in [0.05, 0.1) is 4.90 Å². The van der Waals surface area contributed by atoms with E-state index in [-0.39, 0.29) is 10.8 Å². The molecule has 6 nitrogen and oxygen atoms in total. The van der Waals surface area contributed by atoms with Crippen molar-refractivity contribution >= 4 is 33.2 Å². The van der Waals surface area contributed by atoms with Gasteiger partial charge >= 0.3 is 0 Å². The summed E-state index contributed by atoms with van der Waals surface area (Å²) in [5.41, 5.74) is 0.823. The van der Waals surface area contributed by atoms with E-state index in [1.54, 1.807) is 24.3 Å². The third-order valence-electron chi connectivity index (χ3n) is 3.48. The fourth-order valence-electron chi connectivity index (χ4n) is 2.14. The van der Waals surface area contributed by atoms with Crippen LogP contribution in [-0.4, -0.2) is 34.1 Å². The van der Waals surface area contributed by atoms with Gasteiger partial charge in [0.25, 0.3) is 15.9 Å². The molecule has 1 amide bonds. The standard InChI is InChI=1S/C18H21ClN2O4S/c1-2-25-13-3-12-20-18(22)14-4-8-16(9-5-14)21-26(23,24)17-10-6-15(19)7-11-17/h4-11,21H,2-3,12-13H2,1H3,(H,20,22). The van der Waals surface area contributed by atoms with Gasteiger partial charge in [0.1, 0.15) is 0 Å². The smallest absolute Gasteiger partial charge is 0.261 e. The number of benzene rings is 2. The van der Waals surface area contributed by atoms with Crippen LogP contribution in [0.25, 0.3) is 0 Å². The van der Waals surface area contributed by atoms with Crippen molar-refractivity contribution in [2.75, 3.05) is 24.5 Å². The van der Waals surface area contributed by atoms with Crippen LogP contribution in [-0.2, 0) is 14.8 Å². The highest BCUT2D eigenvalue weighted by Gasteiger charge is 2.14. The molecular formula is C18H21ClN2O4S. The first-order chi connectivity index (χ1) is 12.4. The number of anilines is 1. The lowest BCUT2D eigenvalue weighted by Gasteiger charge is -2.09. The normalized spacial score (nSPS) is 11.2. The molecule has 0 aromatic heterocycles. The largest absolute Gasteiger partial charge is 0.382 e. The molecule has 0 unspecified atom stereocenters. The summed E-state index contributed by atoms with van der Waals surface area (Å²) in [4.78, 5) is 12.1. The molecule has 0 aliphatic heterocycles. The number of carbonyl (C=O) groups excluding carboxylic acids is 1. The zero-order valence-corrected chi connectivity index (χ0v) is 15.9. The molecule has 0 radical (unpaired) electrons. The Kier molecular flexibility index (Phi) is 7.44. The van der Waals surface area contributed by atoms with Gasteiger partial charge in [-0.15, -0.1) is 0 Å². The van der Waals surface area contributed by atoms with E-state index < -0.39 is 10.0 Å². The van der Waals surface area contributed by atoms with Crippen molar-refractivity contribution in [2.24, 2.45) is 0 Å². The predicted molar refractivity (Wildman–Crippen MR) is 102 cm³/mol. The van der Waals surface area contributed by atoms with E-state index in [4.69, 9.17) is 16.3 Å². The molecule has 0 spiro atoms. The first kappa shape index (κ1) is 20.2. The minimum absolute atomic E-state index is 0.109. The highest BCUT2D eigenvalue weighted by Crippen LogP contribution is 2.18. The molecule has 0 aliphatic rings. The monoisotopic (exact) mass is 396 g/mol. The molecule has 0 aliphatic carbocycles. The Hall–Kier alpha value is -2.09. The van der Waals surface area contributed by atoms with Crippen LogP contribution in [0, 0.1) is 0 Å². The van der Waals surface area contributed by atoms with E-state index in [0.29, 0.717) is 36.0 Å². The summed E-state index contributed by atoms with van der Waals surface area (Å²) in [6.07, 6.45) is 0.735. The van der Waals surface area contributed by atoms with E-state index in [1.165, 1.54) is 24.3 Å². The van der Waals surface area contributed by atoms with Gasteiger partial charge < -0.3 is 10.1 Å². The summed E-state index contributed by atoms with van der Waals surface area (Å²) in [6, 6.07) is 12.1. The highest BCUT2D eigenvalue weighted by atomic mass is 35.5. The van der Waals surface area contributed by atoms with E-state index in [0.717, 1.165) is 6.42 Å². The second-order valence-electron chi connectivity index (χ2n) is 5.44. The number of halogens is 1.